The van der Waals surface area contributed by atoms with Crippen LogP contribution < -0.4 is 5.32 Å². The number of ether oxygens (including phenoxy) is 1. The molecule has 1 aromatic rings. The molecule has 3 unspecified atom stereocenters. The predicted molar refractivity (Wildman–Crippen MR) is 77.3 cm³/mol. The average molecular weight is 288 g/mol. The highest BCUT2D eigenvalue weighted by Gasteiger charge is 2.45. The Balaban J connectivity index is 1.57. The Bertz CT molecular complexity index is 532. The Morgan fingerprint density at radius 3 is 2.76 bits per heavy atom. The molecule has 1 N–H and O–H groups in total. The minimum atomic E-state index is -0.163. The molecule has 5 heteroatoms. The van der Waals surface area contributed by atoms with Crippen LogP contribution in [0.25, 0.3) is 0 Å². The largest absolute Gasteiger partial charge is 0.370 e. The number of nitrogens with zero attached hydrogens (tertiary/aromatic N) is 1. The summed E-state index contributed by atoms with van der Waals surface area (Å²) >= 11 is 0. The molecular formula is C16H20N2O3. The average Bonchev–Trinajstić information content (AvgIpc) is 2.80. The van der Waals surface area contributed by atoms with Gasteiger partial charge in [0, 0.05) is 26.6 Å². The smallest absolute Gasteiger partial charge is 0.226 e. The van der Waals surface area contributed by atoms with Crippen LogP contribution in [0.1, 0.15) is 18.9 Å². The SMILES string of the molecule is CC(=O)N1CC2CC(C(=O)NCc3ccccc3)C(C1)O2. The van der Waals surface area contributed by atoms with Crippen molar-refractivity contribution >= 4 is 11.8 Å². The van der Waals surface area contributed by atoms with Crippen LogP contribution in [0.5, 0.6) is 0 Å². The van der Waals surface area contributed by atoms with Crippen molar-refractivity contribution in [2.45, 2.75) is 32.1 Å². The molecule has 2 fully saturated rings. The highest BCUT2D eigenvalue weighted by Crippen LogP contribution is 2.32. The van der Waals surface area contributed by atoms with Gasteiger partial charge in [0.2, 0.25) is 11.8 Å². The Hall–Kier alpha value is -1.88. The number of morpholine rings is 1. The van der Waals surface area contributed by atoms with E-state index < -0.39 is 0 Å². The molecule has 21 heavy (non-hydrogen) atoms. The fourth-order valence-corrected chi connectivity index (χ4v) is 3.11. The molecule has 3 atom stereocenters. The van der Waals surface area contributed by atoms with Crippen LogP contribution in [0.3, 0.4) is 0 Å². The Kier molecular flexibility index (Phi) is 3.92. The van der Waals surface area contributed by atoms with Gasteiger partial charge in [-0.2, -0.15) is 0 Å². The van der Waals surface area contributed by atoms with Gasteiger partial charge >= 0.3 is 0 Å². The van der Waals surface area contributed by atoms with E-state index >= 15 is 0 Å². The van der Waals surface area contributed by atoms with Crippen molar-refractivity contribution in [3.05, 3.63) is 35.9 Å². The van der Waals surface area contributed by atoms with Crippen molar-refractivity contribution in [3.8, 4) is 0 Å². The molecule has 0 radical (unpaired) electrons. The normalized spacial score (nSPS) is 27.5. The molecule has 5 nitrogen and oxygen atoms in total. The first-order valence-corrected chi connectivity index (χ1v) is 7.36. The van der Waals surface area contributed by atoms with E-state index in [1.807, 2.05) is 30.3 Å². The van der Waals surface area contributed by atoms with Gasteiger partial charge in [-0.05, 0) is 12.0 Å². The lowest BCUT2D eigenvalue weighted by atomic mass is 9.99. The van der Waals surface area contributed by atoms with Crippen LogP contribution in [0.4, 0.5) is 0 Å². The zero-order valence-corrected chi connectivity index (χ0v) is 12.1. The summed E-state index contributed by atoms with van der Waals surface area (Å²) in [5.41, 5.74) is 1.08. The number of carbonyl (C=O) groups is 2. The fourth-order valence-electron chi connectivity index (χ4n) is 3.11. The third-order valence-electron chi connectivity index (χ3n) is 4.25. The summed E-state index contributed by atoms with van der Waals surface area (Å²) in [5.74, 6) is -0.0709. The molecule has 1 aromatic carbocycles. The standard InChI is InChI=1S/C16H20N2O3/c1-11(19)18-9-13-7-14(15(10-18)21-13)16(20)17-8-12-5-3-2-4-6-12/h2-6,13-15H,7-10H2,1H3,(H,17,20). The van der Waals surface area contributed by atoms with Crippen LogP contribution in [0, 0.1) is 5.92 Å². The maximum atomic E-state index is 12.3. The van der Waals surface area contributed by atoms with E-state index in [0.717, 1.165) is 5.56 Å². The number of likely N-dealkylation sites (tertiary alicyclic amines) is 1. The molecule has 2 aliphatic rings. The Morgan fingerprint density at radius 2 is 2.05 bits per heavy atom. The maximum absolute atomic E-state index is 12.3. The van der Waals surface area contributed by atoms with Crippen molar-refractivity contribution in [3.63, 3.8) is 0 Å². The third-order valence-corrected chi connectivity index (χ3v) is 4.25. The van der Waals surface area contributed by atoms with Gasteiger partial charge in [-0.3, -0.25) is 9.59 Å². The van der Waals surface area contributed by atoms with Crippen molar-refractivity contribution in [1.82, 2.24) is 10.2 Å². The summed E-state index contributed by atoms with van der Waals surface area (Å²) in [6.07, 6.45) is 0.540. The molecule has 3 rings (SSSR count). The molecule has 0 spiro atoms. The monoisotopic (exact) mass is 288 g/mol. The van der Waals surface area contributed by atoms with Gasteiger partial charge in [0.25, 0.3) is 0 Å². The molecule has 2 bridgehead atoms. The van der Waals surface area contributed by atoms with Crippen molar-refractivity contribution in [2.24, 2.45) is 5.92 Å². The predicted octanol–water partition coefficient (Wildman–Crippen LogP) is 0.939. The number of benzene rings is 1. The minimum Gasteiger partial charge on any atom is -0.370 e. The van der Waals surface area contributed by atoms with Crippen LogP contribution in [0.15, 0.2) is 30.3 Å². The summed E-state index contributed by atoms with van der Waals surface area (Å²) in [7, 11) is 0. The number of amides is 2. The number of rotatable bonds is 3. The fraction of sp³-hybridized carbons (Fsp3) is 0.500. The number of fused-ring (bicyclic) bond motifs is 2. The Morgan fingerprint density at radius 1 is 1.29 bits per heavy atom. The lowest BCUT2D eigenvalue weighted by Crippen LogP contribution is -2.47. The summed E-state index contributed by atoms with van der Waals surface area (Å²) in [4.78, 5) is 25.6. The summed E-state index contributed by atoms with van der Waals surface area (Å²) < 4.78 is 5.81. The highest BCUT2D eigenvalue weighted by molar-refractivity contribution is 5.80. The van der Waals surface area contributed by atoms with Gasteiger partial charge < -0.3 is 15.0 Å². The summed E-state index contributed by atoms with van der Waals surface area (Å²) in [5, 5.41) is 2.98. The van der Waals surface area contributed by atoms with E-state index in [1.165, 1.54) is 0 Å². The third kappa shape index (κ3) is 3.08. The van der Waals surface area contributed by atoms with Crippen LogP contribution in [-0.4, -0.2) is 42.0 Å². The molecule has 2 saturated heterocycles. The molecule has 2 aliphatic heterocycles. The molecule has 0 saturated carbocycles. The van der Waals surface area contributed by atoms with E-state index in [9.17, 15) is 9.59 Å². The van der Waals surface area contributed by atoms with Crippen LogP contribution in [-0.2, 0) is 20.9 Å². The van der Waals surface area contributed by atoms with E-state index in [2.05, 4.69) is 5.32 Å². The number of nitrogens with one attached hydrogen (secondary N) is 1. The van der Waals surface area contributed by atoms with Crippen molar-refractivity contribution < 1.29 is 14.3 Å². The zero-order chi connectivity index (χ0) is 14.8. The molecule has 0 aliphatic carbocycles. The lowest BCUT2D eigenvalue weighted by Gasteiger charge is -2.32. The van der Waals surface area contributed by atoms with Gasteiger partial charge in [-0.25, -0.2) is 0 Å². The highest BCUT2D eigenvalue weighted by atomic mass is 16.5. The van der Waals surface area contributed by atoms with Crippen LogP contribution in [0.2, 0.25) is 0 Å². The molecule has 2 amide bonds. The van der Waals surface area contributed by atoms with Crippen molar-refractivity contribution in [1.29, 1.82) is 0 Å². The lowest BCUT2D eigenvalue weighted by molar-refractivity contribution is -0.140. The van der Waals surface area contributed by atoms with Gasteiger partial charge in [-0.15, -0.1) is 0 Å². The minimum absolute atomic E-state index is 0.000116. The second kappa shape index (κ2) is 5.85. The number of hydrogen-bond donors (Lipinski definition) is 1. The van der Waals surface area contributed by atoms with E-state index in [1.54, 1.807) is 11.8 Å². The van der Waals surface area contributed by atoms with E-state index in [0.29, 0.717) is 26.1 Å². The molecular weight excluding hydrogens is 268 g/mol. The van der Waals surface area contributed by atoms with Crippen molar-refractivity contribution in [2.75, 3.05) is 13.1 Å². The van der Waals surface area contributed by atoms with Gasteiger partial charge in [-0.1, -0.05) is 30.3 Å². The second-order valence-corrected chi connectivity index (χ2v) is 5.77. The van der Waals surface area contributed by atoms with Gasteiger partial charge in [0.05, 0.1) is 18.1 Å². The number of hydrogen-bond acceptors (Lipinski definition) is 3. The summed E-state index contributed by atoms with van der Waals surface area (Å²) in [6.45, 7) is 3.22. The molecule has 0 aromatic heterocycles. The molecule has 2 heterocycles. The molecule has 112 valence electrons. The first-order valence-electron chi connectivity index (χ1n) is 7.36. The quantitative estimate of drug-likeness (QED) is 0.900. The topological polar surface area (TPSA) is 58.6 Å². The first-order chi connectivity index (χ1) is 10.1. The van der Waals surface area contributed by atoms with Gasteiger partial charge in [0.15, 0.2) is 0 Å². The second-order valence-electron chi connectivity index (χ2n) is 5.77. The first kappa shape index (κ1) is 14.1. The maximum Gasteiger partial charge on any atom is 0.226 e. The van der Waals surface area contributed by atoms with Gasteiger partial charge in [0.1, 0.15) is 0 Å². The Labute approximate surface area is 124 Å². The summed E-state index contributed by atoms with van der Waals surface area (Å²) in [6, 6.07) is 9.84. The van der Waals surface area contributed by atoms with E-state index in [-0.39, 0.29) is 29.9 Å². The zero-order valence-electron chi connectivity index (χ0n) is 12.1. The van der Waals surface area contributed by atoms with E-state index in [4.69, 9.17) is 4.74 Å². The number of carbonyl (C=O) groups excluding carboxylic acids is 2. The van der Waals surface area contributed by atoms with Crippen LogP contribution >= 0.6 is 0 Å².